The molecule has 33 heavy (non-hydrogen) atoms. The molecule has 1 aliphatic heterocycles. The van der Waals surface area contributed by atoms with Crippen LogP contribution >= 0.6 is 0 Å². The van der Waals surface area contributed by atoms with Crippen LogP contribution in [0.15, 0.2) is 53.7 Å². The molecule has 1 aliphatic carbocycles. The van der Waals surface area contributed by atoms with Gasteiger partial charge in [-0.2, -0.15) is 13.2 Å². The van der Waals surface area contributed by atoms with Crippen LogP contribution in [0.1, 0.15) is 53.6 Å². The van der Waals surface area contributed by atoms with E-state index in [4.69, 9.17) is 9.57 Å². The lowest BCUT2D eigenvalue weighted by atomic mass is 9.84. The van der Waals surface area contributed by atoms with Crippen LogP contribution in [0.2, 0.25) is 0 Å². The summed E-state index contributed by atoms with van der Waals surface area (Å²) in [5.41, 5.74) is -3.16. The van der Waals surface area contributed by atoms with Gasteiger partial charge in [0.25, 0.3) is 11.5 Å². The molecule has 2 aliphatic rings. The Hall–Kier alpha value is -3.36. The predicted molar refractivity (Wildman–Crippen MR) is 114 cm³/mol. The Morgan fingerprint density at radius 2 is 1.76 bits per heavy atom. The van der Waals surface area contributed by atoms with Crippen LogP contribution in [-0.4, -0.2) is 36.2 Å². The highest BCUT2D eigenvalue weighted by Crippen LogP contribution is 2.37. The predicted octanol–water partition coefficient (Wildman–Crippen LogP) is 4.52. The first-order chi connectivity index (χ1) is 15.7. The topological polar surface area (TPSA) is 77.0 Å². The standard InChI is InChI=1S/C24H23F3N2O4/c1-32-17-12-10-15(11-13-17)21(30)23(22(31)28-16-6-2-3-7-16)14-20(29-33-23)18-8-4-5-9-19(18)24(25,26)27/h4-5,8-13,16H,2-3,6-7,14H2,1H3,(H,28,31). The summed E-state index contributed by atoms with van der Waals surface area (Å²) in [6.45, 7) is 0. The molecule has 1 N–H and O–H groups in total. The Bertz CT molecular complexity index is 1080. The molecule has 1 fully saturated rings. The highest BCUT2D eigenvalue weighted by atomic mass is 19.4. The fourth-order valence-electron chi connectivity index (χ4n) is 4.25. The summed E-state index contributed by atoms with van der Waals surface area (Å²) >= 11 is 0. The Labute approximate surface area is 188 Å². The molecule has 0 bridgehead atoms. The number of carbonyl (C=O) groups is 2. The second kappa shape index (κ2) is 8.88. The number of alkyl halides is 3. The van der Waals surface area contributed by atoms with Gasteiger partial charge < -0.3 is 14.9 Å². The largest absolute Gasteiger partial charge is 0.497 e. The molecule has 174 valence electrons. The summed E-state index contributed by atoms with van der Waals surface area (Å²) in [5.74, 6) is -0.860. The molecule has 2 aromatic carbocycles. The summed E-state index contributed by atoms with van der Waals surface area (Å²) in [6.07, 6.45) is -1.61. The maximum Gasteiger partial charge on any atom is 0.417 e. The fourth-order valence-corrected chi connectivity index (χ4v) is 4.25. The third-order valence-electron chi connectivity index (χ3n) is 6.05. The first-order valence-corrected chi connectivity index (χ1v) is 10.7. The van der Waals surface area contributed by atoms with E-state index >= 15 is 0 Å². The highest BCUT2D eigenvalue weighted by molar-refractivity contribution is 6.22. The van der Waals surface area contributed by atoms with Crippen molar-refractivity contribution in [3.05, 3.63) is 65.2 Å². The molecule has 0 radical (unpaired) electrons. The number of carbonyl (C=O) groups excluding carboxylic acids is 2. The number of nitrogens with one attached hydrogen (secondary N) is 1. The maximum atomic E-state index is 13.6. The third kappa shape index (κ3) is 4.44. The second-order valence-electron chi connectivity index (χ2n) is 8.19. The smallest absolute Gasteiger partial charge is 0.417 e. The van der Waals surface area contributed by atoms with Gasteiger partial charge in [0.05, 0.1) is 24.8 Å². The summed E-state index contributed by atoms with van der Waals surface area (Å²) in [7, 11) is 1.48. The first kappa shape index (κ1) is 22.8. The van der Waals surface area contributed by atoms with Gasteiger partial charge in [-0.1, -0.05) is 36.2 Å². The van der Waals surface area contributed by atoms with Crippen molar-refractivity contribution in [1.29, 1.82) is 0 Å². The molecule has 6 nitrogen and oxygen atoms in total. The van der Waals surface area contributed by atoms with Gasteiger partial charge in [-0.25, -0.2) is 0 Å². The number of ketones is 1. The van der Waals surface area contributed by atoms with Crippen molar-refractivity contribution in [1.82, 2.24) is 5.32 Å². The number of halogens is 3. The van der Waals surface area contributed by atoms with Crippen LogP contribution in [0.5, 0.6) is 5.75 Å². The van der Waals surface area contributed by atoms with Crippen molar-refractivity contribution < 1.29 is 32.3 Å². The van der Waals surface area contributed by atoms with Gasteiger partial charge in [0.2, 0.25) is 5.78 Å². The number of ether oxygens (including phenoxy) is 1. The van der Waals surface area contributed by atoms with Crippen molar-refractivity contribution in [3.63, 3.8) is 0 Å². The van der Waals surface area contributed by atoms with E-state index in [9.17, 15) is 22.8 Å². The van der Waals surface area contributed by atoms with Crippen LogP contribution in [0.3, 0.4) is 0 Å². The number of amides is 1. The van der Waals surface area contributed by atoms with Gasteiger partial charge in [0.1, 0.15) is 5.75 Å². The van der Waals surface area contributed by atoms with E-state index in [1.54, 1.807) is 12.1 Å². The number of nitrogens with zero attached hydrogens (tertiary/aromatic N) is 1. The van der Waals surface area contributed by atoms with Crippen LogP contribution in [-0.2, 0) is 15.8 Å². The van der Waals surface area contributed by atoms with E-state index in [2.05, 4.69) is 10.5 Å². The summed E-state index contributed by atoms with van der Waals surface area (Å²) in [6, 6.07) is 10.9. The Kier molecular flexibility index (Phi) is 6.14. The molecule has 9 heteroatoms. The van der Waals surface area contributed by atoms with Crippen LogP contribution in [0.25, 0.3) is 0 Å². The van der Waals surface area contributed by atoms with Crippen molar-refractivity contribution in [2.75, 3.05) is 7.11 Å². The number of rotatable bonds is 6. The summed E-state index contributed by atoms with van der Waals surface area (Å²) < 4.78 is 45.8. The van der Waals surface area contributed by atoms with Gasteiger partial charge in [-0.15, -0.1) is 0 Å². The lowest BCUT2D eigenvalue weighted by Crippen LogP contribution is -2.55. The Balaban J connectivity index is 1.69. The quantitative estimate of drug-likeness (QED) is 0.508. The van der Waals surface area contributed by atoms with E-state index in [0.29, 0.717) is 5.75 Å². The van der Waals surface area contributed by atoms with Crippen molar-refractivity contribution in [2.24, 2.45) is 5.16 Å². The molecule has 1 atom stereocenters. The van der Waals surface area contributed by atoms with Crippen molar-refractivity contribution in [3.8, 4) is 5.75 Å². The average Bonchev–Trinajstić information content (AvgIpc) is 3.49. The zero-order valence-electron chi connectivity index (χ0n) is 17.9. The van der Waals surface area contributed by atoms with Gasteiger partial charge in [-0.05, 0) is 43.2 Å². The number of benzene rings is 2. The van der Waals surface area contributed by atoms with Crippen LogP contribution in [0, 0.1) is 0 Å². The number of hydrogen-bond acceptors (Lipinski definition) is 5. The van der Waals surface area contributed by atoms with Gasteiger partial charge in [0, 0.05) is 17.2 Å². The van der Waals surface area contributed by atoms with E-state index < -0.39 is 35.5 Å². The zero-order chi connectivity index (χ0) is 23.6. The fraction of sp³-hybridized carbons (Fsp3) is 0.375. The Morgan fingerprint density at radius 3 is 2.39 bits per heavy atom. The van der Waals surface area contributed by atoms with Crippen molar-refractivity contribution in [2.45, 2.75) is 49.9 Å². The maximum absolute atomic E-state index is 13.6. The van der Waals surface area contributed by atoms with Crippen molar-refractivity contribution >= 4 is 17.4 Å². The lowest BCUT2D eigenvalue weighted by molar-refractivity contribution is -0.139. The van der Waals surface area contributed by atoms with E-state index in [1.165, 1.54) is 37.4 Å². The first-order valence-electron chi connectivity index (χ1n) is 10.7. The van der Waals surface area contributed by atoms with Gasteiger partial charge in [-0.3, -0.25) is 9.59 Å². The second-order valence-corrected chi connectivity index (χ2v) is 8.19. The number of oxime groups is 1. The molecule has 0 saturated heterocycles. The third-order valence-corrected chi connectivity index (χ3v) is 6.05. The lowest BCUT2D eigenvalue weighted by Gasteiger charge is -2.26. The minimum absolute atomic E-state index is 0.105. The van der Waals surface area contributed by atoms with E-state index in [-0.39, 0.29) is 22.9 Å². The summed E-state index contributed by atoms with van der Waals surface area (Å²) in [5, 5.41) is 6.67. The molecule has 0 spiro atoms. The normalized spacial score (nSPS) is 20.8. The minimum atomic E-state index is -4.63. The number of methoxy groups -OCH3 is 1. The molecule has 1 unspecified atom stereocenters. The Morgan fingerprint density at radius 1 is 1.09 bits per heavy atom. The minimum Gasteiger partial charge on any atom is -0.497 e. The number of Topliss-reactive ketones (excluding diaryl/α,β-unsaturated/α-hetero) is 1. The van der Waals surface area contributed by atoms with Gasteiger partial charge >= 0.3 is 6.18 Å². The molecule has 1 heterocycles. The molecule has 1 amide bonds. The molecule has 4 rings (SSSR count). The molecule has 1 saturated carbocycles. The molecular formula is C24H23F3N2O4. The average molecular weight is 460 g/mol. The monoisotopic (exact) mass is 460 g/mol. The molecular weight excluding hydrogens is 437 g/mol. The molecule has 0 aromatic heterocycles. The number of hydrogen-bond donors (Lipinski definition) is 1. The van der Waals surface area contributed by atoms with Crippen LogP contribution in [0.4, 0.5) is 13.2 Å². The van der Waals surface area contributed by atoms with Crippen LogP contribution < -0.4 is 10.1 Å². The zero-order valence-corrected chi connectivity index (χ0v) is 17.9. The van der Waals surface area contributed by atoms with E-state index in [0.717, 1.165) is 31.7 Å². The molecule has 2 aromatic rings. The highest BCUT2D eigenvalue weighted by Gasteiger charge is 2.54. The van der Waals surface area contributed by atoms with E-state index in [1.807, 2.05) is 0 Å². The SMILES string of the molecule is COc1ccc(C(=O)C2(C(=O)NC3CCCC3)CC(c3ccccc3C(F)(F)F)=NO2)cc1. The summed E-state index contributed by atoms with van der Waals surface area (Å²) in [4.78, 5) is 32.3. The van der Waals surface area contributed by atoms with Gasteiger partial charge in [0.15, 0.2) is 0 Å².